The van der Waals surface area contributed by atoms with Crippen LogP contribution in [-0.2, 0) is 5.41 Å². The minimum absolute atomic E-state index is 0.0763. The zero-order chi connectivity index (χ0) is 27.0. The molecule has 0 amide bonds. The first-order chi connectivity index (χ1) is 19.5. The summed E-state index contributed by atoms with van der Waals surface area (Å²) in [6.45, 7) is 4.67. The highest BCUT2D eigenvalue weighted by molar-refractivity contribution is 9.10. The number of hydrogen-bond acceptors (Lipinski definition) is 2. The van der Waals surface area contributed by atoms with E-state index in [1.54, 1.807) is 0 Å². The number of benzene rings is 6. The van der Waals surface area contributed by atoms with Crippen molar-refractivity contribution in [2.45, 2.75) is 19.3 Å². The Bertz CT molecular complexity index is 2120. The van der Waals surface area contributed by atoms with Gasteiger partial charge < -0.3 is 9.32 Å². The van der Waals surface area contributed by atoms with Crippen LogP contribution in [0, 0.1) is 0 Å². The summed E-state index contributed by atoms with van der Waals surface area (Å²) in [5.41, 5.74) is 10.4. The number of fused-ring (bicyclic) bond motifs is 7. The van der Waals surface area contributed by atoms with Gasteiger partial charge in [-0.1, -0.05) is 90.4 Å². The van der Waals surface area contributed by atoms with Crippen molar-refractivity contribution in [3.8, 4) is 11.1 Å². The number of furan rings is 1. The molecule has 1 aliphatic rings. The molecule has 0 radical (unpaired) electrons. The van der Waals surface area contributed by atoms with Gasteiger partial charge in [0.05, 0.1) is 0 Å². The van der Waals surface area contributed by atoms with Gasteiger partial charge in [0.25, 0.3) is 0 Å². The molecule has 0 N–H and O–H groups in total. The lowest BCUT2D eigenvalue weighted by molar-refractivity contribution is 0.660. The van der Waals surface area contributed by atoms with E-state index in [0.717, 1.165) is 43.5 Å². The van der Waals surface area contributed by atoms with E-state index in [-0.39, 0.29) is 5.41 Å². The summed E-state index contributed by atoms with van der Waals surface area (Å²) >= 11 is 3.58. The molecule has 8 rings (SSSR count). The molecule has 1 heterocycles. The maximum absolute atomic E-state index is 6.36. The van der Waals surface area contributed by atoms with Crippen LogP contribution in [0.15, 0.2) is 130 Å². The van der Waals surface area contributed by atoms with Gasteiger partial charge in [-0.3, -0.25) is 0 Å². The maximum atomic E-state index is 6.36. The SMILES string of the molecule is CC1(C)c2ccccc2-c2ccc(N(c3ccc4ccccc4c3)c3ccc4c(c3)oc3cc(Br)ccc34)cc21. The lowest BCUT2D eigenvalue weighted by Crippen LogP contribution is -2.16. The molecule has 0 unspecified atom stereocenters. The van der Waals surface area contributed by atoms with Gasteiger partial charge in [0, 0.05) is 43.8 Å². The number of rotatable bonds is 3. The molecule has 40 heavy (non-hydrogen) atoms. The van der Waals surface area contributed by atoms with Gasteiger partial charge in [0.2, 0.25) is 0 Å². The molecule has 192 valence electrons. The second kappa shape index (κ2) is 8.58. The minimum Gasteiger partial charge on any atom is -0.456 e. The minimum atomic E-state index is -0.0763. The van der Waals surface area contributed by atoms with Gasteiger partial charge >= 0.3 is 0 Å². The van der Waals surface area contributed by atoms with Gasteiger partial charge in [-0.2, -0.15) is 0 Å². The van der Waals surface area contributed by atoms with Crippen LogP contribution in [0.5, 0.6) is 0 Å². The van der Waals surface area contributed by atoms with E-state index >= 15 is 0 Å². The molecule has 0 aliphatic heterocycles. The quantitative estimate of drug-likeness (QED) is 0.207. The van der Waals surface area contributed by atoms with E-state index in [1.165, 1.54) is 33.0 Å². The Balaban J connectivity index is 1.35. The molecule has 0 saturated carbocycles. The molecule has 0 bridgehead atoms. The van der Waals surface area contributed by atoms with Crippen LogP contribution in [0.3, 0.4) is 0 Å². The summed E-state index contributed by atoms with van der Waals surface area (Å²) in [6, 6.07) is 43.8. The number of halogens is 1. The summed E-state index contributed by atoms with van der Waals surface area (Å²) < 4.78 is 7.37. The smallest absolute Gasteiger partial charge is 0.137 e. The average Bonchev–Trinajstić information content (AvgIpc) is 3.44. The molecule has 1 aromatic heterocycles. The Hall–Kier alpha value is -4.34. The van der Waals surface area contributed by atoms with Gasteiger partial charge in [0.15, 0.2) is 0 Å². The summed E-state index contributed by atoms with van der Waals surface area (Å²) in [4.78, 5) is 2.36. The molecule has 6 aromatic carbocycles. The maximum Gasteiger partial charge on any atom is 0.137 e. The lowest BCUT2D eigenvalue weighted by atomic mass is 9.82. The topological polar surface area (TPSA) is 16.4 Å². The molecular formula is C37H26BrNO. The van der Waals surface area contributed by atoms with Gasteiger partial charge in [-0.15, -0.1) is 0 Å². The molecule has 7 aromatic rings. The molecular weight excluding hydrogens is 554 g/mol. The van der Waals surface area contributed by atoms with E-state index < -0.39 is 0 Å². The van der Waals surface area contributed by atoms with E-state index in [4.69, 9.17) is 4.42 Å². The van der Waals surface area contributed by atoms with Crippen LogP contribution in [0.2, 0.25) is 0 Å². The average molecular weight is 581 g/mol. The largest absolute Gasteiger partial charge is 0.456 e. The number of anilines is 3. The summed E-state index contributed by atoms with van der Waals surface area (Å²) in [5, 5.41) is 4.69. The predicted molar refractivity (Wildman–Crippen MR) is 171 cm³/mol. The van der Waals surface area contributed by atoms with Crippen molar-refractivity contribution in [2.75, 3.05) is 4.90 Å². The second-order valence-corrected chi connectivity index (χ2v) is 12.1. The van der Waals surface area contributed by atoms with Crippen molar-refractivity contribution in [3.05, 3.63) is 137 Å². The Kier molecular flexibility index (Phi) is 5.05. The van der Waals surface area contributed by atoms with Gasteiger partial charge in [0.1, 0.15) is 11.2 Å². The van der Waals surface area contributed by atoms with Crippen LogP contribution < -0.4 is 4.90 Å². The number of hydrogen-bond donors (Lipinski definition) is 0. The standard InChI is InChI=1S/C37H26BrNO/c1-37(2)33-10-6-5-9-29(33)30-17-14-27(21-34(30)37)39(26-13-11-23-7-3-4-8-24(23)19-26)28-15-18-32-31-16-12-25(38)20-35(31)40-36(32)22-28/h3-22H,1-2H3. The van der Waals surface area contributed by atoms with Crippen molar-refractivity contribution in [1.29, 1.82) is 0 Å². The first-order valence-corrected chi connectivity index (χ1v) is 14.4. The Morgan fingerprint density at radius 2 is 1.18 bits per heavy atom. The van der Waals surface area contributed by atoms with Crippen LogP contribution in [0.25, 0.3) is 43.8 Å². The molecule has 1 aliphatic carbocycles. The van der Waals surface area contributed by atoms with Crippen molar-refractivity contribution in [3.63, 3.8) is 0 Å². The van der Waals surface area contributed by atoms with Crippen LogP contribution in [0.4, 0.5) is 17.1 Å². The van der Waals surface area contributed by atoms with E-state index in [2.05, 4.69) is 150 Å². The normalized spacial score (nSPS) is 13.6. The van der Waals surface area contributed by atoms with Crippen molar-refractivity contribution < 1.29 is 4.42 Å². The fraction of sp³-hybridized carbons (Fsp3) is 0.0811. The molecule has 0 saturated heterocycles. The molecule has 0 spiro atoms. The fourth-order valence-electron chi connectivity index (χ4n) is 6.47. The highest BCUT2D eigenvalue weighted by Crippen LogP contribution is 2.50. The highest BCUT2D eigenvalue weighted by Gasteiger charge is 2.35. The third-order valence-electron chi connectivity index (χ3n) is 8.49. The highest BCUT2D eigenvalue weighted by atomic mass is 79.9. The van der Waals surface area contributed by atoms with E-state index in [0.29, 0.717) is 0 Å². The summed E-state index contributed by atoms with van der Waals surface area (Å²) in [7, 11) is 0. The Morgan fingerprint density at radius 1 is 0.550 bits per heavy atom. The Morgan fingerprint density at radius 3 is 2.05 bits per heavy atom. The predicted octanol–water partition coefficient (Wildman–Crippen LogP) is 11.3. The molecule has 0 atom stereocenters. The fourth-order valence-corrected chi connectivity index (χ4v) is 6.81. The molecule has 0 fully saturated rings. The third-order valence-corrected chi connectivity index (χ3v) is 8.99. The van der Waals surface area contributed by atoms with Gasteiger partial charge in [-0.05, 0) is 87.6 Å². The monoisotopic (exact) mass is 579 g/mol. The van der Waals surface area contributed by atoms with E-state index in [1.807, 2.05) is 6.07 Å². The second-order valence-electron chi connectivity index (χ2n) is 11.2. The van der Waals surface area contributed by atoms with E-state index in [9.17, 15) is 0 Å². The molecule has 3 heteroatoms. The zero-order valence-electron chi connectivity index (χ0n) is 22.3. The number of nitrogens with zero attached hydrogens (tertiary/aromatic N) is 1. The molecule has 2 nitrogen and oxygen atoms in total. The Labute approximate surface area is 241 Å². The van der Waals surface area contributed by atoms with Crippen molar-refractivity contribution in [2.24, 2.45) is 0 Å². The first kappa shape index (κ1) is 23.5. The lowest BCUT2D eigenvalue weighted by Gasteiger charge is -2.28. The van der Waals surface area contributed by atoms with Crippen LogP contribution in [0.1, 0.15) is 25.0 Å². The van der Waals surface area contributed by atoms with Crippen LogP contribution in [-0.4, -0.2) is 0 Å². The summed E-state index contributed by atoms with van der Waals surface area (Å²) in [5.74, 6) is 0. The summed E-state index contributed by atoms with van der Waals surface area (Å²) in [6.07, 6.45) is 0. The van der Waals surface area contributed by atoms with Crippen molar-refractivity contribution in [1.82, 2.24) is 0 Å². The third kappa shape index (κ3) is 3.47. The van der Waals surface area contributed by atoms with Crippen molar-refractivity contribution >= 4 is 65.7 Å². The van der Waals surface area contributed by atoms with Crippen LogP contribution >= 0.6 is 15.9 Å². The van der Waals surface area contributed by atoms with Gasteiger partial charge in [-0.25, -0.2) is 0 Å². The zero-order valence-corrected chi connectivity index (χ0v) is 23.9. The first-order valence-electron chi connectivity index (χ1n) is 13.6.